The number of anilines is 3. The van der Waals surface area contributed by atoms with Crippen molar-refractivity contribution in [3.8, 4) is 5.88 Å². The van der Waals surface area contributed by atoms with Crippen LogP contribution in [0.1, 0.15) is 21.6 Å². The van der Waals surface area contributed by atoms with Crippen LogP contribution in [0.3, 0.4) is 0 Å². The number of amides is 1. The molecule has 30 heavy (non-hydrogen) atoms. The van der Waals surface area contributed by atoms with E-state index in [2.05, 4.69) is 9.83 Å². The topological polar surface area (TPSA) is 50.0 Å². The van der Waals surface area contributed by atoms with Gasteiger partial charge in [0.05, 0.1) is 30.6 Å². The third-order valence-corrected chi connectivity index (χ3v) is 5.14. The summed E-state index contributed by atoms with van der Waals surface area (Å²) in [7, 11) is 1.54. The maximum absolute atomic E-state index is 13.7. The highest BCUT2D eigenvalue weighted by atomic mass is 19.1. The average Bonchev–Trinajstić information content (AvgIpc) is 2.74. The van der Waals surface area contributed by atoms with Crippen LogP contribution in [0.4, 0.5) is 27.1 Å². The van der Waals surface area contributed by atoms with E-state index in [4.69, 9.17) is 11.3 Å². The van der Waals surface area contributed by atoms with E-state index in [0.717, 1.165) is 11.3 Å². The maximum atomic E-state index is 13.7. The Kier molecular flexibility index (Phi) is 4.84. The summed E-state index contributed by atoms with van der Waals surface area (Å²) in [5.74, 6) is -0.0480. The van der Waals surface area contributed by atoms with E-state index < -0.39 is 0 Å². The zero-order valence-corrected chi connectivity index (χ0v) is 16.8. The lowest BCUT2D eigenvalue weighted by Gasteiger charge is -2.39. The lowest BCUT2D eigenvalue weighted by atomic mass is 10.0. The van der Waals surface area contributed by atoms with Crippen molar-refractivity contribution in [1.29, 1.82) is 0 Å². The van der Waals surface area contributed by atoms with Gasteiger partial charge in [-0.05, 0) is 49.7 Å². The molecule has 0 atom stereocenters. The van der Waals surface area contributed by atoms with Crippen LogP contribution in [-0.4, -0.2) is 24.7 Å². The van der Waals surface area contributed by atoms with E-state index in [1.165, 1.54) is 19.2 Å². The molecule has 4 rings (SSSR count). The summed E-state index contributed by atoms with van der Waals surface area (Å²) >= 11 is 0. The van der Waals surface area contributed by atoms with Gasteiger partial charge < -0.3 is 9.64 Å². The summed E-state index contributed by atoms with van der Waals surface area (Å²) in [6.07, 6.45) is 0. The van der Waals surface area contributed by atoms with E-state index in [-0.39, 0.29) is 18.4 Å². The molecule has 1 aliphatic heterocycles. The van der Waals surface area contributed by atoms with Gasteiger partial charge in [0.25, 0.3) is 5.91 Å². The van der Waals surface area contributed by atoms with E-state index in [0.29, 0.717) is 34.2 Å². The number of pyridine rings is 1. The van der Waals surface area contributed by atoms with Gasteiger partial charge in [0.15, 0.2) is 5.69 Å². The molecule has 150 valence electrons. The summed E-state index contributed by atoms with van der Waals surface area (Å²) in [5.41, 5.74) is 4.32. The van der Waals surface area contributed by atoms with Crippen molar-refractivity contribution in [2.45, 2.75) is 13.8 Å². The number of carbonyl (C=O) groups excluding carboxylic acids is 1. The van der Waals surface area contributed by atoms with Gasteiger partial charge in [-0.1, -0.05) is 12.1 Å². The zero-order chi connectivity index (χ0) is 21.4. The fraction of sp³-hybridized carbons (Fsp3) is 0.174. The Morgan fingerprint density at radius 1 is 1.03 bits per heavy atom. The minimum atomic E-state index is -0.327. The number of aryl methyl sites for hydroxylation is 2. The molecule has 0 unspecified atom stereocenters. The molecular weight excluding hydrogens is 383 g/mol. The van der Waals surface area contributed by atoms with Crippen molar-refractivity contribution in [2.75, 3.05) is 23.6 Å². The van der Waals surface area contributed by atoms with Gasteiger partial charge in [-0.3, -0.25) is 9.69 Å². The summed E-state index contributed by atoms with van der Waals surface area (Å²) in [4.78, 5) is 24.8. The quantitative estimate of drug-likeness (QED) is 0.569. The van der Waals surface area contributed by atoms with Gasteiger partial charge in [-0.15, -0.1) is 0 Å². The van der Waals surface area contributed by atoms with E-state index >= 15 is 0 Å². The van der Waals surface area contributed by atoms with Crippen molar-refractivity contribution in [2.24, 2.45) is 0 Å². The number of halogens is 1. The van der Waals surface area contributed by atoms with Gasteiger partial charge in [0, 0.05) is 17.4 Å². The lowest BCUT2D eigenvalue weighted by molar-refractivity contribution is 0.0983. The molecule has 3 aromatic rings. The fourth-order valence-corrected chi connectivity index (χ4v) is 3.66. The van der Waals surface area contributed by atoms with Gasteiger partial charge >= 0.3 is 0 Å². The molecule has 0 saturated carbocycles. The third-order valence-electron chi connectivity index (χ3n) is 5.14. The Hall–Kier alpha value is -3.92. The molecule has 1 aromatic heterocycles. The first-order chi connectivity index (χ1) is 14.4. The van der Waals surface area contributed by atoms with Crippen LogP contribution in [0, 0.1) is 26.2 Å². The minimum absolute atomic E-state index is 0.187. The van der Waals surface area contributed by atoms with Crippen molar-refractivity contribution in [1.82, 2.24) is 4.98 Å². The van der Waals surface area contributed by atoms with Crippen LogP contribution in [0.2, 0.25) is 0 Å². The molecule has 1 aliphatic rings. The number of ether oxygens (including phenoxy) is 1. The number of rotatable bonds is 3. The standard InChI is InChI=1S/C23H19FN4O2/c1-14-11-16(24)5-8-19(14)27-13-28(20-9-10-22(30-4)26-15(20)2)23(29)18-7-6-17(25-3)12-21(18)27/h5-12H,13H2,1-2,4H3. The predicted octanol–water partition coefficient (Wildman–Crippen LogP) is 5.15. The largest absolute Gasteiger partial charge is 0.481 e. The van der Waals surface area contributed by atoms with Crippen molar-refractivity contribution in [3.05, 3.63) is 82.6 Å². The van der Waals surface area contributed by atoms with E-state index in [1.807, 2.05) is 18.7 Å². The SMILES string of the molecule is [C-]#[N+]c1ccc2c(c1)N(c1ccc(F)cc1C)CN(c1ccc(OC)nc1C)C2=O. The molecule has 0 radical (unpaired) electrons. The highest BCUT2D eigenvalue weighted by Gasteiger charge is 2.32. The van der Waals surface area contributed by atoms with E-state index in [9.17, 15) is 9.18 Å². The molecule has 2 aromatic carbocycles. The Bertz CT molecular complexity index is 1200. The van der Waals surface area contributed by atoms with Gasteiger partial charge in [0.1, 0.15) is 12.5 Å². The summed E-state index contributed by atoms with van der Waals surface area (Å²) in [6, 6.07) is 13.0. The fourth-order valence-electron chi connectivity index (χ4n) is 3.66. The highest BCUT2D eigenvalue weighted by molar-refractivity contribution is 6.13. The maximum Gasteiger partial charge on any atom is 0.261 e. The van der Waals surface area contributed by atoms with Crippen LogP contribution in [0.5, 0.6) is 5.88 Å². The molecule has 0 spiro atoms. The second-order valence-corrected chi connectivity index (χ2v) is 7.00. The highest BCUT2D eigenvalue weighted by Crippen LogP contribution is 2.39. The number of nitrogens with zero attached hydrogens (tertiary/aromatic N) is 4. The molecule has 0 bridgehead atoms. The number of carbonyl (C=O) groups is 1. The Balaban J connectivity index is 1.89. The predicted molar refractivity (Wildman–Crippen MR) is 113 cm³/mol. The third kappa shape index (κ3) is 3.22. The van der Waals surface area contributed by atoms with Crippen LogP contribution in [0.25, 0.3) is 4.85 Å². The molecule has 2 heterocycles. The van der Waals surface area contributed by atoms with Crippen LogP contribution in [-0.2, 0) is 0 Å². The number of aromatic nitrogens is 1. The molecule has 0 fully saturated rings. The number of hydrogen-bond acceptors (Lipinski definition) is 4. The van der Waals surface area contributed by atoms with Crippen LogP contribution >= 0.6 is 0 Å². The second-order valence-electron chi connectivity index (χ2n) is 7.00. The molecule has 0 N–H and O–H groups in total. The van der Waals surface area contributed by atoms with Crippen molar-refractivity contribution < 1.29 is 13.9 Å². The minimum Gasteiger partial charge on any atom is -0.481 e. The van der Waals surface area contributed by atoms with Gasteiger partial charge in [0.2, 0.25) is 5.88 Å². The number of methoxy groups -OCH3 is 1. The molecular formula is C23H19FN4O2. The first-order valence-electron chi connectivity index (χ1n) is 9.31. The smallest absolute Gasteiger partial charge is 0.261 e. The van der Waals surface area contributed by atoms with E-state index in [1.54, 1.807) is 41.3 Å². The van der Waals surface area contributed by atoms with Gasteiger partial charge in [-0.2, -0.15) is 0 Å². The Morgan fingerprint density at radius 3 is 2.47 bits per heavy atom. The molecule has 0 aliphatic carbocycles. The first kappa shape index (κ1) is 19.4. The van der Waals surface area contributed by atoms with Crippen molar-refractivity contribution >= 4 is 28.7 Å². The molecule has 6 nitrogen and oxygen atoms in total. The number of fused-ring (bicyclic) bond motifs is 1. The zero-order valence-electron chi connectivity index (χ0n) is 16.8. The Labute approximate surface area is 174 Å². The first-order valence-corrected chi connectivity index (χ1v) is 9.31. The van der Waals surface area contributed by atoms with Gasteiger partial charge in [-0.25, -0.2) is 14.2 Å². The normalized spacial score (nSPS) is 13.1. The lowest BCUT2D eigenvalue weighted by Crippen LogP contribution is -2.45. The van der Waals surface area contributed by atoms with Crippen LogP contribution in [0.15, 0.2) is 48.5 Å². The second kappa shape index (κ2) is 7.48. The molecule has 1 amide bonds. The molecule has 0 saturated heterocycles. The van der Waals surface area contributed by atoms with Crippen molar-refractivity contribution in [3.63, 3.8) is 0 Å². The molecule has 7 heteroatoms. The van der Waals surface area contributed by atoms with Crippen LogP contribution < -0.4 is 14.5 Å². The summed E-state index contributed by atoms with van der Waals surface area (Å²) < 4.78 is 18.9. The monoisotopic (exact) mass is 402 g/mol. The number of benzene rings is 2. The average molecular weight is 402 g/mol. The summed E-state index contributed by atoms with van der Waals surface area (Å²) in [5, 5.41) is 0. The summed E-state index contributed by atoms with van der Waals surface area (Å²) in [6.45, 7) is 11.2. The number of hydrogen-bond donors (Lipinski definition) is 0. The Morgan fingerprint density at radius 2 is 1.80 bits per heavy atom.